The van der Waals surface area contributed by atoms with E-state index in [1.165, 1.54) is 11.7 Å². The Bertz CT molecular complexity index is 1930. The number of hydrogen-bond donors (Lipinski definition) is 2. The van der Waals surface area contributed by atoms with Crippen molar-refractivity contribution in [3.8, 4) is 11.4 Å². The summed E-state index contributed by atoms with van der Waals surface area (Å²) in [4.78, 5) is 56.5. The first kappa shape index (κ1) is 35.7. The summed E-state index contributed by atoms with van der Waals surface area (Å²) in [6.45, 7) is 6.14. The summed E-state index contributed by atoms with van der Waals surface area (Å²) in [5.74, 6) is -0.670. The van der Waals surface area contributed by atoms with Gasteiger partial charge in [-0.15, -0.1) is 0 Å². The normalized spacial score (nSPS) is 21.5. The summed E-state index contributed by atoms with van der Waals surface area (Å²) in [6, 6.07) is 26.0. The molecule has 2 amide bonds. The number of amides is 2. The first-order valence-electron chi connectivity index (χ1n) is 16.7. The van der Waals surface area contributed by atoms with Gasteiger partial charge in [0.25, 0.3) is 11.5 Å². The third kappa shape index (κ3) is 6.58. The second-order valence-electron chi connectivity index (χ2n) is 13.6. The number of aliphatic hydroxyl groups excluding tert-OH is 1. The third-order valence-corrected chi connectivity index (χ3v) is 12.9. The van der Waals surface area contributed by atoms with Crippen LogP contribution in [0.1, 0.15) is 30.0 Å². The van der Waals surface area contributed by atoms with Gasteiger partial charge in [0.05, 0.1) is 38.5 Å². The highest BCUT2D eigenvalue weighted by atomic mass is 79.9. The molecule has 50 heavy (non-hydrogen) atoms. The summed E-state index contributed by atoms with van der Waals surface area (Å²) in [7, 11) is -1.56. The Labute approximate surface area is 301 Å². The average Bonchev–Trinajstić information content (AvgIpc) is 3.51. The minimum Gasteiger partial charge on any atom is -0.491 e. The maximum absolute atomic E-state index is 14.8. The predicted molar refractivity (Wildman–Crippen MR) is 197 cm³/mol. The average molecular weight is 761 g/mol. The Morgan fingerprint density at radius 3 is 2.40 bits per heavy atom. The van der Waals surface area contributed by atoms with Gasteiger partial charge in [0.15, 0.2) is 19.7 Å². The number of methoxy groups -OCH3 is 1. The van der Waals surface area contributed by atoms with Crippen molar-refractivity contribution in [2.75, 3.05) is 25.2 Å². The van der Waals surface area contributed by atoms with Crippen LogP contribution in [0, 0.1) is 5.92 Å². The quantitative estimate of drug-likeness (QED) is 0.198. The Morgan fingerprint density at radius 2 is 1.74 bits per heavy atom. The van der Waals surface area contributed by atoms with Crippen molar-refractivity contribution < 1.29 is 29.0 Å². The van der Waals surface area contributed by atoms with Crippen LogP contribution in [0.25, 0.3) is 5.69 Å². The molecule has 3 heterocycles. The van der Waals surface area contributed by atoms with E-state index in [2.05, 4.69) is 15.9 Å². The number of rotatable bonds is 11. The highest BCUT2D eigenvalue weighted by Crippen LogP contribution is 2.60. The number of aromatic nitrogens is 1. The van der Waals surface area contributed by atoms with Crippen LogP contribution in [0.5, 0.6) is 5.75 Å². The Hall–Kier alpha value is -4.07. The van der Waals surface area contributed by atoms with Crippen LogP contribution in [0.2, 0.25) is 18.6 Å². The van der Waals surface area contributed by atoms with Crippen molar-refractivity contribution in [1.82, 2.24) is 9.47 Å². The van der Waals surface area contributed by atoms with E-state index in [-0.39, 0.29) is 49.2 Å². The summed E-state index contributed by atoms with van der Waals surface area (Å²) < 4.78 is 14.4. The standard InChI is InChI=1S/C38H42BrN3O7Si/c1-25-35(50(3,4)47)33(22-34(44)40(19-20-43)23-26-9-6-5-7-10-26)49-38(25)30-21-28(39)14-17-31(30)42(37(38)46)24-27-12-15-29(16-13-27)41-18-8-11-32(48-2)36(41)45/h5-18,21,25,33,35,43,47H,19-20,22-24H2,1-4H3/t25-,33+,35-,38+/m0/s1. The molecule has 0 unspecified atom stereocenters. The molecule has 3 aromatic carbocycles. The van der Waals surface area contributed by atoms with E-state index in [9.17, 15) is 24.3 Å². The molecule has 12 heteroatoms. The molecular formula is C38H42BrN3O7Si. The number of benzene rings is 3. The lowest BCUT2D eigenvalue weighted by Crippen LogP contribution is -2.46. The number of carbonyl (C=O) groups is 2. The molecule has 0 bridgehead atoms. The Morgan fingerprint density at radius 1 is 1.02 bits per heavy atom. The molecule has 4 atom stereocenters. The minimum atomic E-state index is -3.01. The lowest BCUT2D eigenvalue weighted by atomic mass is 9.82. The molecule has 2 N–H and O–H groups in total. The number of carbonyl (C=O) groups excluding carboxylic acids is 2. The summed E-state index contributed by atoms with van der Waals surface area (Å²) in [5, 5.41) is 9.81. The molecule has 262 valence electrons. The van der Waals surface area contributed by atoms with Gasteiger partial charge < -0.3 is 29.2 Å². The van der Waals surface area contributed by atoms with E-state index in [4.69, 9.17) is 9.47 Å². The number of aliphatic hydroxyl groups is 1. The SMILES string of the molecule is COc1cccn(-c2ccc(CN3C(=O)[C@]4(O[C@H](CC(=O)N(CCO)Cc5ccccc5)[C@@H]([Si](C)(C)O)[C@@H]4C)c4cc(Br)ccc43)cc2)c1=O. The molecule has 6 rings (SSSR count). The van der Waals surface area contributed by atoms with Crippen molar-refractivity contribution in [1.29, 1.82) is 0 Å². The van der Waals surface area contributed by atoms with Gasteiger partial charge in [-0.3, -0.25) is 19.0 Å². The second kappa shape index (κ2) is 14.3. The number of ether oxygens (including phenoxy) is 2. The lowest BCUT2D eigenvalue weighted by molar-refractivity contribution is -0.150. The van der Waals surface area contributed by atoms with Gasteiger partial charge >= 0.3 is 0 Å². The number of hydrogen-bond acceptors (Lipinski definition) is 7. The number of anilines is 1. The zero-order chi connectivity index (χ0) is 35.8. The summed E-state index contributed by atoms with van der Waals surface area (Å²) in [5.41, 5.74) is 1.70. The first-order valence-corrected chi connectivity index (χ1v) is 20.5. The Kier molecular flexibility index (Phi) is 10.2. The van der Waals surface area contributed by atoms with Gasteiger partial charge in [-0.25, -0.2) is 0 Å². The topological polar surface area (TPSA) is 122 Å². The van der Waals surface area contributed by atoms with E-state index in [0.29, 0.717) is 23.5 Å². The first-order chi connectivity index (χ1) is 23.9. The van der Waals surface area contributed by atoms with Gasteiger partial charge in [-0.2, -0.15) is 0 Å². The van der Waals surface area contributed by atoms with Crippen LogP contribution >= 0.6 is 15.9 Å². The van der Waals surface area contributed by atoms with E-state index in [1.54, 1.807) is 28.1 Å². The maximum Gasteiger partial charge on any atom is 0.297 e. The fourth-order valence-corrected chi connectivity index (χ4v) is 10.6. The van der Waals surface area contributed by atoms with Crippen molar-refractivity contribution >= 4 is 41.7 Å². The van der Waals surface area contributed by atoms with Crippen LogP contribution < -0.4 is 15.2 Å². The molecule has 1 spiro atoms. The van der Waals surface area contributed by atoms with Gasteiger partial charge in [0.1, 0.15) is 0 Å². The molecule has 2 aliphatic heterocycles. The fraction of sp³-hybridized carbons (Fsp3) is 0.342. The molecule has 1 aromatic heterocycles. The number of nitrogens with zero attached hydrogens (tertiary/aromatic N) is 3. The highest BCUT2D eigenvalue weighted by Gasteiger charge is 2.66. The monoisotopic (exact) mass is 759 g/mol. The fourth-order valence-electron chi connectivity index (χ4n) is 7.70. The molecule has 1 saturated heterocycles. The smallest absolute Gasteiger partial charge is 0.297 e. The Balaban J connectivity index is 1.32. The highest BCUT2D eigenvalue weighted by molar-refractivity contribution is 9.10. The van der Waals surface area contributed by atoms with E-state index in [0.717, 1.165) is 15.6 Å². The molecule has 0 saturated carbocycles. The third-order valence-electron chi connectivity index (χ3n) is 9.95. The van der Waals surface area contributed by atoms with Crippen molar-refractivity contribution in [3.05, 3.63) is 123 Å². The van der Waals surface area contributed by atoms with Crippen LogP contribution in [0.4, 0.5) is 5.69 Å². The van der Waals surface area contributed by atoms with E-state index in [1.807, 2.05) is 92.8 Å². The molecular weight excluding hydrogens is 718 g/mol. The molecule has 4 aromatic rings. The van der Waals surface area contributed by atoms with Crippen LogP contribution in [0.3, 0.4) is 0 Å². The van der Waals surface area contributed by atoms with Crippen molar-refractivity contribution in [2.24, 2.45) is 5.92 Å². The van der Waals surface area contributed by atoms with Gasteiger partial charge in [0.2, 0.25) is 5.91 Å². The van der Waals surface area contributed by atoms with Crippen molar-refractivity contribution in [2.45, 2.75) is 56.8 Å². The van der Waals surface area contributed by atoms with Crippen LogP contribution in [-0.4, -0.2) is 65.9 Å². The predicted octanol–water partition coefficient (Wildman–Crippen LogP) is 5.36. The number of pyridine rings is 1. The molecule has 0 aliphatic carbocycles. The number of fused-ring (bicyclic) bond motifs is 2. The molecule has 2 aliphatic rings. The van der Waals surface area contributed by atoms with Gasteiger partial charge in [-0.05, 0) is 66.7 Å². The lowest BCUT2D eigenvalue weighted by Gasteiger charge is -2.32. The second-order valence-corrected chi connectivity index (χ2v) is 18.4. The summed E-state index contributed by atoms with van der Waals surface area (Å²) in [6.07, 6.45) is 0.911. The minimum absolute atomic E-state index is 0.0394. The molecule has 1 fully saturated rings. The molecule has 0 radical (unpaired) electrons. The molecule has 10 nitrogen and oxygen atoms in total. The van der Waals surface area contributed by atoms with Crippen LogP contribution in [-0.2, 0) is 33.0 Å². The van der Waals surface area contributed by atoms with Crippen LogP contribution in [0.15, 0.2) is 100 Å². The van der Waals surface area contributed by atoms with Gasteiger partial charge in [-0.1, -0.05) is 65.3 Å². The zero-order valence-electron chi connectivity index (χ0n) is 28.6. The van der Waals surface area contributed by atoms with E-state index >= 15 is 0 Å². The number of halogens is 1. The zero-order valence-corrected chi connectivity index (χ0v) is 31.2. The van der Waals surface area contributed by atoms with Gasteiger partial charge in [0, 0.05) is 46.5 Å². The summed E-state index contributed by atoms with van der Waals surface area (Å²) >= 11 is 3.60. The largest absolute Gasteiger partial charge is 0.491 e. The van der Waals surface area contributed by atoms with Crippen molar-refractivity contribution in [3.63, 3.8) is 0 Å². The van der Waals surface area contributed by atoms with E-state index < -0.39 is 31.5 Å². The maximum atomic E-state index is 14.8.